The van der Waals surface area contributed by atoms with E-state index in [1.165, 1.54) is 24.6 Å². The second-order valence-electron chi connectivity index (χ2n) is 3.17. The molecule has 0 radical (unpaired) electrons. The lowest BCUT2D eigenvalue weighted by Gasteiger charge is -2.09. The van der Waals surface area contributed by atoms with Crippen LogP contribution in [-0.2, 0) is 20.8 Å². The first-order valence-corrected chi connectivity index (χ1v) is 7.89. The molecule has 0 fully saturated rings. The highest BCUT2D eigenvalue weighted by Gasteiger charge is 2.18. The van der Waals surface area contributed by atoms with Gasteiger partial charge in [-0.25, -0.2) is 24.0 Å². The minimum absolute atomic E-state index is 0.0376. The first-order chi connectivity index (χ1) is 7.97. The third-order valence-electron chi connectivity index (χ3n) is 1.88. The van der Waals surface area contributed by atoms with Gasteiger partial charge in [0, 0.05) is 35.5 Å². The number of nitrogen functional groups attached to an aromatic ring is 1. The molecule has 0 saturated heterocycles. The number of hydrazine groups is 1. The van der Waals surface area contributed by atoms with Gasteiger partial charge < -0.3 is 5.43 Å². The number of hydrogen-bond donors (Lipinski definition) is 3. The van der Waals surface area contributed by atoms with Crippen molar-refractivity contribution in [1.82, 2.24) is 9.71 Å². The summed E-state index contributed by atoms with van der Waals surface area (Å²) in [6, 6.07) is 2.88. The minimum atomic E-state index is -3.69. The Bertz CT molecular complexity index is 503. The van der Waals surface area contributed by atoms with Gasteiger partial charge in [-0.15, -0.1) is 0 Å². The molecule has 1 atom stereocenters. The Morgan fingerprint density at radius 3 is 2.82 bits per heavy atom. The third kappa shape index (κ3) is 4.04. The predicted octanol–water partition coefficient (Wildman–Crippen LogP) is -0.976. The van der Waals surface area contributed by atoms with Gasteiger partial charge in [0.2, 0.25) is 10.0 Å². The summed E-state index contributed by atoms with van der Waals surface area (Å²) in [6.07, 6.45) is 2.93. The molecule has 9 heteroatoms. The maximum Gasteiger partial charge on any atom is 0.244 e. The molecule has 7 nitrogen and oxygen atoms in total. The molecule has 4 N–H and O–H groups in total. The van der Waals surface area contributed by atoms with Crippen molar-refractivity contribution in [3.63, 3.8) is 0 Å². The van der Waals surface area contributed by atoms with Crippen LogP contribution in [0.4, 0.5) is 5.82 Å². The summed E-state index contributed by atoms with van der Waals surface area (Å²) in [7, 11) is -4.73. The number of rotatable bonds is 6. The molecule has 0 spiro atoms. The quantitative estimate of drug-likeness (QED) is 0.455. The van der Waals surface area contributed by atoms with Crippen LogP contribution >= 0.6 is 0 Å². The molecule has 0 amide bonds. The number of nitrogens with two attached hydrogens (primary N) is 1. The van der Waals surface area contributed by atoms with Gasteiger partial charge in [-0.05, 0) is 12.1 Å². The molecule has 0 bridgehead atoms. The van der Waals surface area contributed by atoms with Crippen LogP contribution in [0, 0.1) is 0 Å². The van der Waals surface area contributed by atoms with E-state index in [2.05, 4.69) is 15.1 Å². The zero-order valence-electron chi connectivity index (χ0n) is 9.21. The normalized spacial score (nSPS) is 13.3. The van der Waals surface area contributed by atoms with Crippen LogP contribution in [0.15, 0.2) is 23.2 Å². The van der Waals surface area contributed by atoms with Crippen LogP contribution in [0.3, 0.4) is 0 Å². The van der Waals surface area contributed by atoms with E-state index in [0.29, 0.717) is 0 Å². The van der Waals surface area contributed by atoms with Crippen molar-refractivity contribution >= 4 is 26.6 Å². The Labute approximate surface area is 102 Å². The minimum Gasteiger partial charge on any atom is -0.307 e. The van der Waals surface area contributed by atoms with Crippen LogP contribution in [0.1, 0.15) is 0 Å². The number of aromatic nitrogens is 1. The Balaban J connectivity index is 2.86. The Morgan fingerprint density at radius 2 is 2.24 bits per heavy atom. The van der Waals surface area contributed by atoms with Crippen molar-refractivity contribution < 1.29 is 12.6 Å². The van der Waals surface area contributed by atoms with Crippen LogP contribution in [0.25, 0.3) is 0 Å². The van der Waals surface area contributed by atoms with Crippen molar-refractivity contribution in [2.45, 2.75) is 4.90 Å². The summed E-state index contributed by atoms with van der Waals surface area (Å²) in [5, 5.41) is 0. The number of anilines is 1. The molecule has 1 aromatic rings. The molecule has 1 unspecified atom stereocenters. The molecule has 0 saturated carbocycles. The summed E-state index contributed by atoms with van der Waals surface area (Å²) in [4.78, 5) is 3.75. The maximum atomic E-state index is 11.8. The molecule has 1 heterocycles. The van der Waals surface area contributed by atoms with Crippen molar-refractivity contribution in [1.29, 1.82) is 0 Å². The molecule has 0 aliphatic carbocycles. The lowest BCUT2D eigenvalue weighted by Crippen LogP contribution is -2.29. The first kappa shape index (κ1) is 14.0. The molecule has 0 aromatic carbocycles. The predicted molar refractivity (Wildman–Crippen MR) is 66.2 cm³/mol. The van der Waals surface area contributed by atoms with E-state index in [9.17, 15) is 12.6 Å². The monoisotopic (exact) mass is 278 g/mol. The zero-order valence-corrected chi connectivity index (χ0v) is 10.8. The molecular weight excluding hydrogens is 264 g/mol. The van der Waals surface area contributed by atoms with Crippen molar-refractivity contribution in [3.05, 3.63) is 18.3 Å². The Morgan fingerprint density at radius 1 is 1.53 bits per heavy atom. The summed E-state index contributed by atoms with van der Waals surface area (Å²) in [6.45, 7) is 0.102. The fraction of sp³-hybridized carbons (Fsp3) is 0.375. The SMILES string of the molecule is CS(=O)CCNS(=O)(=O)c1cccnc1NN. The number of sulfonamides is 1. The van der Waals surface area contributed by atoms with E-state index in [1.54, 1.807) is 0 Å². The van der Waals surface area contributed by atoms with E-state index in [-0.39, 0.29) is 23.0 Å². The zero-order chi connectivity index (χ0) is 12.9. The first-order valence-electron chi connectivity index (χ1n) is 4.68. The van der Waals surface area contributed by atoms with E-state index >= 15 is 0 Å². The van der Waals surface area contributed by atoms with Gasteiger partial charge in [-0.3, -0.25) is 4.21 Å². The molecule has 1 rings (SSSR count). The average molecular weight is 278 g/mol. The molecule has 17 heavy (non-hydrogen) atoms. The molecule has 96 valence electrons. The van der Waals surface area contributed by atoms with E-state index in [1.807, 2.05) is 0 Å². The highest BCUT2D eigenvalue weighted by atomic mass is 32.2. The highest BCUT2D eigenvalue weighted by Crippen LogP contribution is 2.16. The number of nitrogens with zero attached hydrogens (tertiary/aromatic N) is 1. The van der Waals surface area contributed by atoms with Crippen LogP contribution in [-0.4, -0.2) is 36.2 Å². The summed E-state index contributed by atoms with van der Waals surface area (Å²) in [5.74, 6) is 5.49. The fourth-order valence-electron chi connectivity index (χ4n) is 1.11. The third-order valence-corrected chi connectivity index (χ3v) is 4.15. The molecule has 1 aromatic heterocycles. The summed E-state index contributed by atoms with van der Waals surface area (Å²) < 4.78 is 36.8. The van der Waals surface area contributed by atoms with Crippen molar-refractivity contribution in [3.8, 4) is 0 Å². The van der Waals surface area contributed by atoms with E-state index in [4.69, 9.17) is 5.84 Å². The smallest absolute Gasteiger partial charge is 0.244 e. The van der Waals surface area contributed by atoms with Crippen LogP contribution in [0.5, 0.6) is 0 Å². The van der Waals surface area contributed by atoms with Gasteiger partial charge in [0.1, 0.15) is 4.90 Å². The van der Waals surface area contributed by atoms with Gasteiger partial charge in [-0.2, -0.15) is 0 Å². The van der Waals surface area contributed by atoms with Crippen molar-refractivity contribution in [2.24, 2.45) is 5.84 Å². The van der Waals surface area contributed by atoms with Gasteiger partial charge in [0.25, 0.3) is 0 Å². The van der Waals surface area contributed by atoms with Gasteiger partial charge in [-0.1, -0.05) is 0 Å². The second kappa shape index (κ2) is 6.05. The average Bonchev–Trinajstić information content (AvgIpc) is 2.28. The van der Waals surface area contributed by atoms with Gasteiger partial charge in [0.05, 0.1) is 0 Å². The van der Waals surface area contributed by atoms with Crippen LogP contribution in [0.2, 0.25) is 0 Å². The van der Waals surface area contributed by atoms with E-state index < -0.39 is 20.8 Å². The lowest BCUT2D eigenvalue weighted by atomic mass is 10.5. The highest BCUT2D eigenvalue weighted by molar-refractivity contribution is 7.89. The van der Waals surface area contributed by atoms with Crippen LogP contribution < -0.4 is 16.0 Å². The van der Waals surface area contributed by atoms with Gasteiger partial charge >= 0.3 is 0 Å². The number of hydrogen-bond acceptors (Lipinski definition) is 6. The van der Waals surface area contributed by atoms with Crippen molar-refractivity contribution in [2.75, 3.05) is 24.0 Å². The standard InChI is InChI=1S/C8H14N4O3S2/c1-16(13)6-5-11-17(14,15)7-3-2-4-10-8(7)12-9/h2-4,11H,5-6,9H2,1H3,(H,10,12). The maximum absolute atomic E-state index is 11.8. The molecule has 0 aliphatic heterocycles. The Hall–Kier alpha value is -1.03. The Kier molecular flexibility index (Phi) is 5.00. The largest absolute Gasteiger partial charge is 0.307 e. The summed E-state index contributed by atoms with van der Waals surface area (Å²) in [5.41, 5.74) is 2.21. The van der Waals surface area contributed by atoms with Gasteiger partial charge in [0.15, 0.2) is 5.82 Å². The number of pyridine rings is 1. The number of nitrogens with one attached hydrogen (secondary N) is 2. The topological polar surface area (TPSA) is 114 Å². The van der Waals surface area contributed by atoms with E-state index in [0.717, 1.165) is 0 Å². The lowest BCUT2D eigenvalue weighted by molar-refractivity contribution is 0.584. The summed E-state index contributed by atoms with van der Waals surface area (Å²) >= 11 is 0. The second-order valence-corrected chi connectivity index (χ2v) is 6.46. The molecular formula is C8H14N4O3S2. The molecule has 0 aliphatic rings. The fourth-order valence-corrected chi connectivity index (χ4v) is 2.78.